The van der Waals surface area contributed by atoms with Crippen LogP contribution < -0.4 is 5.32 Å². The zero-order chi connectivity index (χ0) is 19.6. The number of ether oxygens (including phenoxy) is 1. The summed E-state index contributed by atoms with van der Waals surface area (Å²) in [6, 6.07) is 13.7. The minimum Gasteiger partial charge on any atom is -0.457 e. The van der Waals surface area contributed by atoms with Crippen molar-refractivity contribution in [2.24, 2.45) is 0 Å². The number of amides is 1. The van der Waals surface area contributed by atoms with E-state index in [1.165, 1.54) is 5.56 Å². The molecule has 27 heavy (non-hydrogen) atoms. The van der Waals surface area contributed by atoms with Crippen LogP contribution in [-0.2, 0) is 16.0 Å². The molecule has 2 aromatic rings. The van der Waals surface area contributed by atoms with E-state index >= 15 is 0 Å². The van der Waals surface area contributed by atoms with Crippen LogP contribution in [0.4, 0.5) is 0 Å². The number of hydrogen-bond acceptors (Lipinski definition) is 4. The van der Waals surface area contributed by atoms with Crippen molar-refractivity contribution < 1.29 is 19.1 Å². The standard InChI is InChI=1S/C21H22ClNO4/c1-2-3-15-4-6-16(7-5-15)19(24)14-27-20(25)12-13-23-21(26)17-8-10-18(22)11-9-17/h4-11H,2-3,12-14H2,1H3,(H,23,26). The molecule has 0 unspecified atom stereocenters. The van der Waals surface area contributed by atoms with Gasteiger partial charge in [-0.15, -0.1) is 0 Å². The lowest BCUT2D eigenvalue weighted by Crippen LogP contribution is -2.27. The van der Waals surface area contributed by atoms with Gasteiger partial charge >= 0.3 is 5.97 Å². The predicted octanol–water partition coefficient (Wildman–Crippen LogP) is 3.84. The van der Waals surface area contributed by atoms with Crippen molar-refractivity contribution in [1.29, 1.82) is 0 Å². The quantitative estimate of drug-likeness (QED) is 0.524. The number of benzene rings is 2. The minimum atomic E-state index is -0.539. The van der Waals surface area contributed by atoms with E-state index < -0.39 is 5.97 Å². The van der Waals surface area contributed by atoms with Gasteiger partial charge in [0.2, 0.25) is 0 Å². The van der Waals surface area contributed by atoms with Gasteiger partial charge in [-0.05, 0) is 36.2 Å². The molecule has 1 amide bonds. The SMILES string of the molecule is CCCc1ccc(C(=O)COC(=O)CCNC(=O)c2ccc(Cl)cc2)cc1. The summed E-state index contributed by atoms with van der Waals surface area (Å²) in [5.74, 6) is -1.10. The molecule has 0 radical (unpaired) electrons. The maximum absolute atomic E-state index is 12.1. The lowest BCUT2D eigenvalue weighted by molar-refractivity contribution is -0.142. The fraction of sp³-hybridized carbons (Fsp3) is 0.286. The van der Waals surface area contributed by atoms with Gasteiger partial charge in [0.1, 0.15) is 0 Å². The highest BCUT2D eigenvalue weighted by Crippen LogP contribution is 2.09. The van der Waals surface area contributed by atoms with Crippen molar-refractivity contribution >= 4 is 29.3 Å². The number of nitrogens with one attached hydrogen (secondary N) is 1. The summed E-state index contributed by atoms with van der Waals surface area (Å²) in [6.45, 7) is 1.91. The molecule has 0 saturated carbocycles. The highest BCUT2D eigenvalue weighted by molar-refractivity contribution is 6.30. The Hall–Kier alpha value is -2.66. The molecule has 0 atom stereocenters. The Morgan fingerprint density at radius 1 is 0.963 bits per heavy atom. The molecule has 5 nitrogen and oxygen atoms in total. The molecule has 0 aliphatic heterocycles. The van der Waals surface area contributed by atoms with E-state index in [2.05, 4.69) is 12.2 Å². The van der Waals surface area contributed by atoms with Crippen molar-refractivity contribution in [2.45, 2.75) is 26.2 Å². The predicted molar refractivity (Wildman–Crippen MR) is 104 cm³/mol. The van der Waals surface area contributed by atoms with Crippen molar-refractivity contribution in [1.82, 2.24) is 5.32 Å². The number of aryl methyl sites for hydroxylation is 1. The third-order valence-corrected chi connectivity index (χ3v) is 4.15. The zero-order valence-electron chi connectivity index (χ0n) is 15.2. The van der Waals surface area contributed by atoms with Crippen LogP contribution in [0, 0.1) is 0 Å². The van der Waals surface area contributed by atoms with Gasteiger partial charge in [-0.25, -0.2) is 0 Å². The molecule has 0 aliphatic carbocycles. The summed E-state index contributed by atoms with van der Waals surface area (Å²) < 4.78 is 4.98. The maximum atomic E-state index is 12.1. The highest BCUT2D eigenvalue weighted by atomic mass is 35.5. The largest absolute Gasteiger partial charge is 0.457 e. The number of ketones is 1. The van der Waals surface area contributed by atoms with E-state index in [-0.39, 0.29) is 31.3 Å². The van der Waals surface area contributed by atoms with Gasteiger partial charge in [-0.1, -0.05) is 49.2 Å². The normalized spacial score (nSPS) is 10.3. The summed E-state index contributed by atoms with van der Waals surface area (Å²) in [5, 5.41) is 3.16. The second-order valence-electron chi connectivity index (χ2n) is 6.04. The van der Waals surface area contributed by atoms with Gasteiger partial charge < -0.3 is 10.1 Å². The molecule has 0 bridgehead atoms. The number of carbonyl (C=O) groups excluding carboxylic acids is 3. The van der Waals surface area contributed by atoms with Gasteiger partial charge in [0.05, 0.1) is 6.42 Å². The van der Waals surface area contributed by atoms with E-state index in [9.17, 15) is 14.4 Å². The van der Waals surface area contributed by atoms with E-state index in [4.69, 9.17) is 16.3 Å². The summed E-state index contributed by atoms with van der Waals surface area (Å²) in [5.41, 5.74) is 2.13. The summed E-state index contributed by atoms with van der Waals surface area (Å²) in [7, 11) is 0. The van der Waals surface area contributed by atoms with Crippen LogP contribution in [0.1, 0.15) is 46.0 Å². The number of rotatable bonds is 9. The van der Waals surface area contributed by atoms with Crippen LogP contribution in [-0.4, -0.2) is 30.8 Å². The molecular weight excluding hydrogens is 366 g/mol. The van der Waals surface area contributed by atoms with Crippen LogP contribution in [0.25, 0.3) is 0 Å². The van der Waals surface area contributed by atoms with Crippen molar-refractivity contribution in [2.75, 3.05) is 13.2 Å². The second kappa shape index (κ2) is 10.5. The van der Waals surface area contributed by atoms with Crippen LogP contribution in [0.5, 0.6) is 0 Å². The van der Waals surface area contributed by atoms with Crippen LogP contribution in [0.15, 0.2) is 48.5 Å². The number of Topliss-reactive ketones (excluding diaryl/α,β-unsaturated/α-hetero) is 1. The van der Waals surface area contributed by atoms with E-state index in [0.29, 0.717) is 16.1 Å². The molecule has 0 fully saturated rings. The Morgan fingerprint density at radius 2 is 1.59 bits per heavy atom. The molecule has 142 valence electrons. The third-order valence-electron chi connectivity index (χ3n) is 3.90. The third kappa shape index (κ3) is 6.87. The molecule has 0 aromatic heterocycles. The van der Waals surface area contributed by atoms with Crippen molar-refractivity contribution in [3.8, 4) is 0 Å². The van der Waals surface area contributed by atoms with Gasteiger partial charge in [0.25, 0.3) is 5.91 Å². The average molecular weight is 388 g/mol. The smallest absolute Gasteiger partial charge is 0.308 e. The molecule has 6 heteroatoms. The molecule has 0 spiro atoms. The van der Waals surface area contributed by atoms with E-state index in [1.807, 2.05) is 12.1 Å². The Morgan fingerprint density at radius 3 is 2.22 bits per heavy atom. The molecule has 0 heterocycles. The molecule has 0 aliphatic rings. The van der Waals surface area contributed by atoms with Gasteiger partial charge in [0, 0.05) is 22.7 Å². The number of hydrogen-bond donors (Lipinski definition) is 1. The molecule has 2 rings (SSSR count). The van der Waals surface area contributed by atoms with Gasteiger partial charge in [0.15, 0.2) is 12.4 Å². The fourth-order valence-corrected chi connectivity index (χ4v) is 2.55. The van der Waals surface area contributed by atoms with E-state index in [0.717, 1.165) is 12.8 Å². The number of esters is 1. The van der Waals surface area contributed by atoms with Gasteiger partial charge in [-0.3, -0.25) is 14.4 Å². The molecule has 1 N–H and O–H groups in total. The van der Waals surface area contributed by atoms with Crippen LogP contribution >= 0.6 is 11.6 Å². The Labute approximate surface area is 163 Å². The monoisotopic (exact) mass is 387 g/mol. The lowest BCUT2D eigenvalue weighted by atomic mass is 10.1. The topological polar surface area (TPSA) is 72.5 Å². The van der Waals surface area contributed by atoms with Gasteiger partial charge in [-0.2, -0.15) is 0 Å². The summed E-state index contributed by atoms with van der Waals surface area (Å²) >= 11 is 5.77. The average Bonchev–Trinajstić information content (AvgIpc) is 2.67. The Kier molecular flexibility index (Phi) is 8.01. The second-order valence-corrected chi connectivity index (χ2v) is 6.48. The number of halogens is 1. The maximum Gasteiger partial charge on any atom is 0.308 e. The molecule has 0 saturated heterocycles. The molecular formula is C21H22ClNO4. The van der Waals surface area contributed by atoms with E-state index in [1.54, 1.807) is 36.4 Å². The Balaban J connectivity index is 1.70. The zero-order valence-corrected chi connectivity index (χ0v) is 15.9. The Bertz CT molecular complexity index is 785. The van der Waals surface area contributed by atoms with Crippen molar-refractivity contribution in [3.05, 3.63) is 70.2 Å². The lowest BCUT2D eigenvalue weighted by Gasteiger charge is -2.07. The van der Waals surface area contributed by atoms with Crippen LogP contribution in [0.3, 0.4) is 0 Å². The minimum absolute atomic E-state index is 0.0119. The van der Waals surface area contributed by atoms with Crippen LogP contribution in [0.2, 0.25) is 5.02 Å². The summed E-state index contributed by atoms with van der Waals surface area (Å²) in [4.78, 5) is 35.7. The number of carbonyl (C=O) groups is 3. The first-order valence-corrected chi connectivity index (χ1v) is 9.19. The first kappa shape index (κ1) is 20.6. The highest BCUT2D eigenvalue weighted by Gasteiger charge is 2.11. The first-order valence-electron chi connectivity index (χ1n) is 8.81. The van der Waals surface area contributed by atoms with Crippen molar-refractivity contribution in [3.63, 3.8) is 0 Å². The summed E-state index contributed by atoms with van der Waals surface area (Å²) in [6.07, 6.45) is 1.99. The first-order chi connectivity index (χ1) is 13.0. The molecule has 2 aromatic carbocycles. The fourth-order valence-electron chi connectivity index (χ4n) is 2.43.